The first kappa shape index (κ1) is 20.7. The number of hydrogen-bond acceptors (Lipinski definition) is 5. The summed E-state index contributed by atoms with van der Waals surface area (Å²) in [6.45, 7) is 0.788. The lowest BCUT2D eigenvalue weighted by atomic mass is 10.2. The molecule has 3 aromatic rings. The average Bonchev–Trinajstić information content (AvgIpc) is 2.78. The molecule has 0 aliphatic carbocycles. The number of carbonyl (C=O) groups is 1. The third-order valence-electron chi connectivity index (χ3n) is 3.95. The van der Waals surface area contributed by atoms with Gasteiger partial charge in [0.2, 0.25) is 0 Å². The Labute approximate surface area is 175 Å². The number of hydrogen-bond donors (Lipinski definition) is 2. The number of benzene rings is 3. The van der Waals surface area contributed by atoms with Crippen LogP contribution < -0.4 is 25.0 Å². The van der Waals surface area contributed by atoms with Crippen molar-refractivity contribution in [2.75, 3.05) is 25.6 Å². The van der Waals surface area contributed by atoms with Gasteiger partial charge in [0.25, 0.3) is 0 Å². The number of hydrazone groups is 1. The minimum atomic E-state index is -0.428. The molecule has 0 saturated heterocycles. The molecular formula is C23H23N3O4. The Morgan fingerprint density at radius 1 is 0.900 bits per heavy atom. The van der Waals surface area contributed by atoms with Gasteiger partial charge in [-0.1, -0.05) is 36.4 Å². The first-order valence-electron chi connectivity index (χ1n) is 9.38. The maximum absolute atomic E-state index is 11.8. The summed E-state index contributed by atoms with van der Waals surface area (Å²) in [5.74, 6) is 1.96. The second kappa shape index (κ2) is 11.1. The van der Waals surface area contributed by atoms with E-state index in [4.69, 9.17) is 14.2 Å². The number of carbonyl (C=O) groups excluding carboxylic acids is 1. The highest BCUT2D eigenvalue weighted by molar-refractivity contribution is 5.90. The molecule has 0 saturated carbocycles. The lowest BCUT2D eigenvalue weighted by Crippen LogP contribution is -2.24. The van der Waals surface area contributed by atoms with Crippen molar-refractivity contribution >= 4 is 17.9 Å². The SMILES string of the molecule is COc1cc(/C=N/NC(=O)Nc2ccccc2)ccc1OCCOc1ccccc1. The third-order valence-corrected chi connectivity index (χ3v) is 3.95. The second-order valence-electron chi connectivity index (χ2n) is 6.11. The molecule has 7 heteroatoms. The Morgan fingerprint density at radius 2 is 1.60 bits per heavy atom. The van der Waals surface area contributed by atoms with Crippen LogP contribution in [0.1, 0.15) is 5.56 Å². The fourth-order valence-corrected chi connectivity index (χ4v) is 2.56. The molecule has 3 aromatic carbocycles. The molecule has 0 heterocycles. The normalized spacial score (nSPS) is 10.4. The largest absolute Gasteiger partial charge is 0.493 e. The molecule has 0 aliphatic rings. The van der Waals surface area contributed by atoms with E-state index in [0.717, 1.165) is 11.3 Å². The van der Waals surface area contributed by atoms with Gasteiger partial charge in [0.05, 0.1) is 13.3 Å². The molecule has 0 fully saturated rings. The Balaban J connectivity index is 1.48. The summed E-state index contributed by atoms with van der Waals surface area (Å²) in [6, 6.07) is 23.6. The van der Waals surface area contributed by atoms with Gasteiger partial charge in [-0.15, -0.1) is 0 Å². The first-order valence-corrected chi connectivity index (χ1v) is 9.38. The highest BCUT2D eigenvalue weighted by Crippen LogP contribution is 2.27. The van der Waals surface area contributed by atoms with Crippen LogP contribution in [0.5, 0.6) is 17.2 Å². The van der Waals surface area contributed by atoms with Gasteiger partial charge in [-0.3, -0.25) is 0 Å². The predicted octanol–water partition coefficient (Wildman–Crippen LogP) is 4.31. The van der Waals surface area contributed by atoms with E-state index < -0.39 is 6.03 Å². The average molecular weight is 405 g/mol. The van der Waals surface area contributed by atoms with Crippen LogP contribution in [0, 0.1) is 0 Å². The summed E-state index contributed by atoms with van der Waals surface area (Å²) >= 11 is 0. The van der Waals surface area contributed by atoms with Crippen molar-refractivity contribution in [2.45, 2.75) is 0 Å². The summed E-state index contributed by atoms with van der Waals surface area (Å²) in [6.07, 6.45) is 1.52. The highest BCUT2D eigenvalue weighted by Gasteiger charge is 2.06. The first-order chi connectivity index (χ1) is 14.7. The quantitative estimate of drug-likeness (QED) is 0.316. The van der Waals surface area contributed by atoms with Crippen molar-refractivity contribution in [3.63, 3.8) is 0 Å². The number of nitrogens with one attached hydrogen (secondary N) is 2. The van der Waals surface area contributed by atoms with E-state index in [1.54, 1.807) is 31.4 Å². The van der Waals surface area contributed by atoms with Crippen molar-refractivity contribution in [2.24, 2.45) is 5.10 Å². The van der Waals surface area contributed by atoms with E-state index in [2.05, 4.69) is 15.8 Å². The molecule has 0 radical (unpaired) electrons. The van der Waals surface area contributed by atoms with Crippen molar-refractivity contribution in [1.29, 1.82) is 0 Å². The summed E-state index contributed by atoms with van der Waals surface area (Å²) in [4.78, 5) is 11.8. The molecule has 30 heavy (non-hydrogen) atoms. The zero-order chi connectivity index (χ0) is 21.0. The van der Waals surface area contributed by atoms with Gasteiger partial charge in [-0.25, -0.2) is 10.2 Å². The molecule has 0 aromatic heterocycles. The van der Waals surface area contributed by atoms with Crippen LogP contribution in [-0.2, 0) is 0 Å². The number of urea groups is 1. The van der Waals surface area contributed by atoms with Crippen LogP contribution in [-0.4, -0.2) is 32.6 Å². The number of nitrogens with zero attached hydrogens (tertiary/aromatic N) is 1. The molecule has 7 nitrogen and oxygen atoms in total. The van der Waals surface area contributed by atoms with Gasteiger partial charge in [0, 0.05) is 5.69 Å². The zero-order valence-corrected chi connectivity index (χ0v) is 16.6. The standard InChI is InChI=1S/C23H23N3O4/c1-28-22-16-18(17-24-26-23(27)25-19-8-4-2-5-9-19)12-13-21(22)30-15-14-29-20-10-6-3-7-11-20/h2-13,16-17H,14-15H2,1H3,(H2,25,26,27)/b24-17+. The second-order valence-corrected chi connectivity index (χ2v) is 6.11. The molecule has 0 atom stereocenters. The topological polar surface area (TPSA) is 81.2 Å². The Bertz CT molecular complexity index is 963. The van der Waals surface area contributed by atoms with Gasteiger partial charge in [-0.2, -0.15) is 5.10 Å². The predicted molar refractivity (Wildman–Crippen MR) is 117 cm³/mol. The molecule has 0 spiro atoms. The fraction of sp³-hybridized carbons (Fsp3) is 0.130. The van der Waals surface area contributed by atoms with Crippen LogP contribution in [0.3, 0.4) is 0 Å². The minimum absolute atomic E-state index is 0.375. The number of methoxy groups -OCH3 is 1. The third kappa shape index (κ3) is 6.56. The van der Waals surface area contributed by atoms with Gasteiger partial charge in [-0.05, 0) is 48.0 Å². The number of para-hydroxylation sites is 2. The maximum Gasteiger partial charge on any atom is 0.339 e. The van der Waals surface area contributed by atoms with Crippen molar-refractivity contribution < 1.29 is 19.0 Å². The molecule has 0 bridgehead atoms. The van der Waals surface area contributed by atoms with Gasteiger partial charge < -0.3 is 19.5 Å². The smallest absolute Gasteiger partial charge is 0.339 e. The van der Waals surface area contributed by atoms with E-state index in [9.17, 15) is 4.79 Å². The molecule has 154 valence electrons. The van der Waals surface area contributed by atoms with E-state index in [1.807, 2.05) is 54.6 Å². The molecule has 0 aliphatic heterocycles. The highest BCUT2D eigenvalue weighted by atomic mass is 16.5. The zero-order valence-electron chi connectivity index (χ0n) is 16.6. The number of rotatable bonds is 9. The van der Waals surface area contributed by atoms with Crippen LogP contribution in [0.25, 0.3) is 0 Å². The molecule has 3 rings (SSSR count). The number of ether oxygens (including phenoxy) is 3. The Hall–Kier alpha value is -4.00. The number of amides is 2. The van der Waals surface area contributed by atoms with E-state index in [1.165, 1.54) is 6.21 Å². The molecule has 0 unspecified atom stereocenters. The van der Waals surface area contributed by atoms with Crippen LogP contribution >= 0.6 is 0 Å². The van der Waals surface area contributed by atoms with E-state index in [0.29, 0.717) is 30.4 Å². The van der Waals surface area contributed by atoms with Crippen LogP contribution in [0.15, 0.2) is 84.0 Å². The summed E-state index contributed by atoms with van der Waals surface area (Å²) in [5.41, 5.74) is 3.85. The molecule has 2 amide bonds. The Kier molecular flexibility index (Phi) is 7.68. The van der Waals surface area contributed by atoms with Crippen LogP contribution in [0.4, 0.5) is 10.5 Å². The van der Waals surface area contributed by atoms with Crippen LogP contribution in [0.2, 0.25) is 0 Å². The monoisotopic (exact) mass is 405 g/mol. The van der Waals surface area contributed by atoms with E-state index >= 15 is 0 Å². The lowest BCUT2D eigenvalue weighted by Gasteiger charge is -2.12. The molecular weight excluding hydrogens is 382 g/mol. The lowest BCUT2D eigenvalue weighted by molar-refractivity contribution is 0.211. The van der Waals surface area contributed by atoms with Crippen molar-refractivity contribution in [3.8, 4) is 17.2 Å². The summed E-state index contributed by atoms with van der Waals surface area (Å²) in [5, 5.41) is 6.63. The van der Waals surface area contributed by atoms with Gasteiger partial charge >= 0.3 is 6.03 Å². The summed E-state index contributed by atoms with van der Waals surface area (Å²) in [7, 11) is 1.56. The van der Waals surface area contributed by atoms with E-state index in [-0.39, 0.29) is 0 Å². The van der Waals surface area contributed by atoms with Gasteiger partial charge in [0.15, 0.2) is 11.5 Å². The van der Waals surface area contributed by atoms with Crippen molar-refractivity contribution in [3.05, 3.63) is 84.4 Å². The fourth-order valence-electron chi connectivity index (χ4n) is 2.56. The number of anilines is 1. The maximum atomic E-state index is 11.8. The molecule has 2 N–H and O–H groups in total. The summed E-state index contributed by atoms with van der Waals surface area (Å²) < 4.78 is 16.7. The minimum Gasteiger partial charge on any atom is -0.493 e. The Morgan fingerprint density at radius 3 is 2.33 bits per heavy atom. The van der Waals surface area contributed by atoms with Gasteiger partial charge in [0.1, 0.15) is 19.0 Å². The van der Waals surface area contributed by atoms with Crippen molar-refractivity contribution in [1.82, 2.24) is 5.43 Å².